The van der Waals surface area contributed by atoms with Crippen LogP contribution in [-0.4, -0.2) is 45.3 Å². The Morgan fingerprint density at radius 3 is 2.66 bits per heavy atom. The number of amides is 1. The lowest BCUT2D eigenvalue weighted by atomic mass is 10.0. The summed E-state index contributed by atoms with van der Waals surface area (Å²) >= 11 is 7.59. The molecule has 1 aliphatic heterocycles. The van der Waals surface area contributed by atoms with Gasteiger partial charge in [0, 0.05) is 47.1 Å². The second kappa shape index (κ2) is 13.4. The zero-order valence-corrected chi connectivity index (χ0v) is 22.9. The Kier molecular flexibility index (Phi) is 9.79. The van der Waals surface area contributed by atoms with Crippen LogP contribution in [0, 0.1) is 0 Å². The number of hydrogen-bond donors (Lipinski definition) is 1. The first-order valence-corrected chi connectivity index (χ1v) is 14.1. The lowest BCUT2D eigenvalue weighted by Crippen LogP contribution is -2.38. The van der Waals surface area contributed by atoms with Crippen molar-refractivity contribution in [1.82, 2.24) is 9.88 Å². The van der Waals surface area contributed by atoms with E-state index in [-0.39, 0.29) is 18.4 Å². The van der Waals surface area contributed by atoms with Crippen molar-refractivity contribution in [2.45, 2.75) is 57.9 Å². The largest absolute Gasteiger partial charge is 0.481 e. The molecule has 1 aliphatic rings. The molecule has 1 N–H and O–H groups in total. The van der Waals surface area contributed by atoms with Gasteiger partial charge in [-0.15, -0.1) is 11.3 Å². The van der Waals surface area contributed by atoms with Crippen molar-refractivity contribution in [3.8, 4) is 0 Å². The maximum absolute atomic E-state index is 13.7. The van der Waals surface area contributed by atoms with Crippen LogP contribution in [0.1, 0.15) is 78.8 Å². The van der Waals surface area contributed by atoms with Gasteiger partial charge in [-0.25, -0.2) is 4.98 Å². The molecule has 2 heterocycles. The number of carbonyl (C=O) groups excluding carboxylic acids is 1. The van der Waals surface area contributed by atoms with E-state index in [2.05, 4.69) is 9.98 Å². The Morgan fingerprint density at radius 1 is 1.13 bits per heavy atom. The summed E-state index contributed by atoms with van der Waals surface area (Å²) in [5.74, 6) is -0.827. The highest BCUT2D eigenvalue weighted by Gasteiger charge is 2.30. The number of aliphatic imine (C=N–C) groups is 2. The lowest BCUT2D eigenvalue weighted by Gasteiger charge is -2.34. The van der Waals surface area contributed by atoms with E-state index in [1.54, 1.807) is 23.7 Å². The van der Waals surface area contributed by atoms with Gasteiger partial charge in [0.2, 0.25) is 0 Å². The number of benzene rings is 2. The number of piperidine rings is 1. The number of hydrogen-bond acceptors (Lipinski definition) is 6. The topological polar surface area (TPSA) is 95.2 Å². The van der Waals surface area contributed by atoms with Crippen molar-refractivity contribution >= 4 is 58.1 Å². The van der Waals surface area contributed by atoms with E-state index in [1.807, 2.05) is 59.7 Å². The first-order valence-electron chi connectivity index (χ1n) is 12.8. The Labute approximate surface area is 231 Å². The molecule has 1 amide bonds. The summed E-state index contributed by atoms with van der Waals surface area (Å²) in [7, 11) is 0. The number of aromatic nitrogens is 1. The molecule has 0 aliphatic carbocycles. The fourth-order valence-corrected chi connectivity index (χ4v) is 5.37. The molecule has 0 bridgehead atoms. The summed E-state index contributed by atoms with van der Waals surface area (Å²) in [6, 6.07) is 12.8. The number of aliphatic carboxylic acids is 1. The monoisotopic (exact) mass is 550 g/mol. The molecule has 1 saturated heterocycles. The molecular formula is C29H31ClN4O3S. The maximum atomic E-state index is 13.7. The normalized spacial score (nSPS) is 16.2. The standard InChI is InChI=1S/C29H31ClN4O3S/c1-20(6-2-3-8-27(35)36)33-25-18-22(11-14-24(25)32-19-21-9-12-23(30)13-10-21)29(37)34-16-5-4-7-26(34)28-31-15-17-38-28/h9-15,17-19,26H,2-8,16H2,1H3,(H,35,36)/b32-19+,33-20+. The second-order valence-corrected chi connectivity index (χ2v) is 10.7. The fourth-order valence-electron chi connectivity index (χ4n) is 4.46. The van der Waals surface area contributed by atoms with Gasteiger partial charge in [-0.05, 0) is 81.3 Å². The predicted octanol–water partition coefficient (Wildman–Crippen LogP) is 7.65. The molecule has 198 valence electrons. The summed E-state index contributed by atoms with van der Waals surface area (Å²) in [6.45, 7) is 2.62. The number of rotatable bonds is 10. The zero-order valence-electron chi connectivity index (χ0n) is 21.3. The van der Waals surface area contributed by atoms with Crippen LogP contribution in [0.5, 0.6) is 0 Å². The molecule has 9 heteroatoms. The molecule has 38 heavy (non-hydrogen) atoms. The van der Waals surface area contributed by atoms with Gasteiger partial charge >= 0.3 is 5.97 Å². The molecule has 1 atom stereocenters. The van der Waals surface area contributed by atoms with Crippen molar-refractivity contribution in [3.05, 3.63) is 75.2 Å². The Hall–Kier alpha value is -3.36. The highest BCUT2D eigenvalue weighted by Crippen LogP contribution is 2.35. The third kappa shape index (κ3) is 7.58. The Bertz CT molecular complexity index is 1310. The minimum Gasteiger partial charge on any atom is -0.481 e. The van der Waals surface area contributed by atoms with E-state index in [4.69, 9.17) is 21.7 Å². The number of nitrogens with zero attached hydrogens (tertiary/aromatic N) is 4. The zero-order chi connectivity index (χ0) is 26.9. The first-order chi connectivity index (χ1) is 18.4. The molecular weight excluding hydrogens is 520 g/mol. The van der Waals surface area contributed by atoms with Crippen molar-refractivity contribution in [3.63, 3.8) is 0 Å². The number of thiazole rings is 1. The highest BCUT2D eigenvalue weighted by molar-refractivity contribution is 7.09. The average molecular weight is 551 g/mol. The lowest BCUT2D eigenvalue weighted by molar-refractivity contribution is -0.137. The summed E-state index contributed by atoms with van der Waals surface area (Å²) < 4.78 is 0. The molecule has 1 unspecified atom stereocenters. The van der Waals surface area contributed by atoms with Crippen LogP contribution in [0.3, 0.4) is 0 Å². The van der Waals surface area contributed by atoms with Gasteiger partial charge in [-0.1, -0.05) is 23.7 Å². The minimum absolute atomic E-state index is 0.0122. The number of carbonyl (C=O) groups is 2. The molecule has 0 radical (unpaired) electrons. The van der Waals surface area contributed by atoms with E-state index in [0.717, 1.165) is 42.0 Å². The number of carboxylic acids is 1. The van der Waals surface area contributed by atoms with E-state index in [9.17, 15) is 9.59 Å². The van der Waals surface area contributed by atoms with Gasteiger partial charge in [0.1, 0.15) is 5.01 Å². The summed E-state index contributed by atoms with van der Waals surface area (Å²) in [4.78, 5) is 40.4. The van der Waals surface area contributed by atoms with Crippen LogP contribution in [0.4, 0.5) is 11.4 Å². The van der Waals surface area contributed by atoms with Crippen molar-refractivity contribution < 1.29 is 14.7 Å². The van der Waals surface area contributed by atoms with Crippen molar-refractivity contribution in [1.29, 1.82) is 0 Å². The van der Waals surface area contributed by atoms with Crippen LogP contribution in [0.15, 0.2) is 64.0 Å². The molecule has 0 spiro atoms. The van der Waals surface area contributed by atoms with Gasteiger partial charge in [-0.2, -0.15) is 0 Å². The third-order valence-electron chi connectivity index (χ3n) is 6.44. The van der Waals surface area contributed by atoms with E-state index in [0.29, 0.717) is 41.3 Å². The number of halogens is 1. The highest BCUT2D eigenvalue weighted by atomic mass is 35.5. The smallest absolute Gasteiger partial charge is 0.303 e. The predicted molar refractivity (Wildman–Crippen MR) is 154 cm³/mol. The average Bonchev–Trinajstić information content (AvgIpc) is 3.46. The molecule has 2 aromatic carbocycles. The van der Waals surface area contributed by atoms with Crippen LogP contribution in [0.2, 0.25) is 5.02 Å². The van der Waals surface area contributed by atoms with Crippen LogP contribution in [0.25, 0.3) is 0 Å². The molecule has 1 fully saturated rings. The van der Waals surface area contributed by atoms with E-state index in [1.165, 1.54) is 0 Å². The number of carboxylic acid groups (broad SMARTS) is 1. The minimum atomic E-state index is -0.793. The van der Waals surface area contributed by atoms with Crippen LogP contribution < -0.4 is 0 Å². The number of unbranched alkanes of at least 4 members (excludes halogenated alkanes) is 1. The quantitative estimate of drug-likeness (QED) is 0.207. The molecule has 7 nitrogen and oxygen atoms in total. The summed E-state index contributed by atoms with van der Waals surface area (Å²) in [5.41, 5.74) is 3.59. The summed E-state index contributed by atoms with van der Waals surface area (Å²) in [5, 5.41) is 12.5. The van der Waals surface area contributed by atoms with Gasteiger partial charge < -0.3 is 10.0 Å². The van der Waals surface area contributed by atoms with Gasteiger partial charge in [0.25, 0.3) is 5.91 Å². The Morgan fingerprint density at radius 2 is 1.92 bits per heavy atom. The van der Waals surface area contributed by atoms with Gasteiger partial charge in [-0.3, -0.25) is 19.6 Å². The van der Waals surface area contributed by atoms with Gasteiger partial charge in [0.15, 0.2) is 0 Å². The van der Waals surface area contributed by atoms with Gasteiger partial charge in [0.05, 0.1) is 17.4 Å². The van der Waals surface area contributed by atoms with E-state index < -0.39 is 5.97 Å². The SMILES string of the molecule is C/C(CCCCC(=O)O)=N\c1cc(C(=O)N2CCCCC2c2nccs2)ccc1/N=C/c1ccc(Cl)cc1. The van der Waals surface area contributed by atoms with E-state index >= 15 is 0 Å². The Balaban J connectivity index is 1.61. The van der Waals surface area contributed by atoms with Crippen molar-refractivity contribution in [2.24, 2.45) is 9.98 Å². The molecule has 4 rings (SSSR count). The molecule has 1 aromatic heterocycles. The summed E-state index contributed by atoms with van der Waals surface area (Å²) in [6.07, 6.45) is 8.62. The third-order valence-corrected chi connectivity index (χ3v) is 7.56. The van der Waals surface area contributed by atoms with Crippen molar-refractivity contribution in [2.75, 3.05) is 6.54 Å². The molecule has 0 saturated carbocycles. The number of likely N-dealkylation sites (tertiary alicyclic amines) is 1. The second-order valence-electron chi connectivity index (χ2n) is 9.34. The van der Waals surface area contributed by atoms with Crippen LogP contribution >= 0.6 is 22.9 Å². The maximum Gasteiger partial charge on any atom is 0.303 e. The molecule has 3 aromatic rings. The van der Waals surface area contributed by atoms with Crippen LogP contribution in [-0.2, 0) is 4.79 Å². The first kappa shape index (κ1) is 27.7. The fraction of sp³-hybridized carbons (Fsp3) is 0.345.